The monoisotopic (exact) mass is 333 g/mol. The molecule has 0 aliphatic rings. The highest BCUT2D eigenvalue weighted by molar-refractivity contribution is 6.03. The predicted octanol–water partition coefficient (Wildman–Crippen LogP) is 3.75. The van der Waals surface area contributed by atoms with Crippen molar-refractivity contribution in [3.63, 3.8) is 0 Å². The molecule has 124 valence electrons. The molecular weight excluding hydrogens is 318 g/mol. The zero-order chi connectivity index (χ0) is 17.4. The van der Waals surface area contributed by atoms with Crippen LogP contribution in [0, 0.1) is 6.92 Å². The minimum Gasteiger partial charge on any atom is -0.478 e. The van der Waals surface area contributed by atoms with Crippen LogP contribution in [-0.2, 0) is 6.54 Å². The Balaban J connectivity index is 1.94. The minimum absolute atomic E-state index is 0.174. The fourth-order valence-corrected chi connectivity index (χ4v) is 2.94. The molecule has 0 saturated heterocycles. The van der Waals surface area contributed by atoms with E-state index in [0.717, 1.165) is 5.56 Å². The van der Waals surface area contributed by atoms with Gasteiger partial charge in [-0.1, -0.05) is 30.3 Å². The molecule has 6 heteroatoms. The van der Waals surface area contributed by atoms with Crippen molar-refractivity contribution in [3.05, 3.63) is 71.6 Å². The molecule has 0 fully saturated rings. The number of carboxylic acid groups (broad SMARTS) is 1. The van der Waals surface area contributed by atoms with Crippen molar-refractivity contribution in [2.75, 3.05) is 0 Å². The predicted molar refractivity (Wildman–Crippen MR) is 92.5 cm³/mol. The maximum Gasteiger partial charge on any atom is 0.336 e. The van der Waals surface area contributed by atoms with Gasteiger partial charge in [-0.05, 0) is 30.7 Å². The molecule has 0 aliphatic heterocycles. The van der Waals surface area contributed by atoms with E-state index in [9.17, 15) is 9.90 Å². The highest BCUT2D eigenvalue weighted by Crippen LogP contribution is 2.27. The molecule has 0 spiro atoms. The first-order chi connectivity index (χ1) is 12.1. The van der Waals surface area contributed by atoms with Crippen LogP contribution in [0.5, 0.6) is 0 Å². The van der Waals surface area contributed by atoms with Crippen LogP contribution in [0.2, 0.25) is 0 Å². The number of rotatable bonds is 4. The minimum atomic E-state index is -1.01. The van der Waals surface area contributed by atoms with Gasteiger partial charge in [0.05, 0.1) is 29.5 Å². The second-order valence-corrected chi connectivity index (χ2v) is 5.76. The van der Waals surface area contributed by atoms with Crippen molar-refractivity contribution in [3.8, 4) is 11.5 Å². The SMILES string of the molecule is Cc1nn(Cc2ccccc2)c2nc(-c3ccco3)cc(C(=O)O)c12. The summed E-state index contributed by atoms with van der Waals surface area (Å²) in [6, 6.07) is 14.9. The summed E-state index contributed by atoms with van der Waals surface area (Å²) >= 11 is 0. The number of fused-ring (bicyclic) bond motifs is 1. The van der Waals surface area contributed by atoms with Gasteiger partial charge in [0.2, 0.25) is 0 Å². The number of benzene rings is 1. The summed E-state index contributed by atoms with van der Waals surface area (Å²) in [5, 5.41) is 14.7. The summed E-state index contributed by atoms with van der Waals surface area (Å²) in [5.74, 6) is -0.489. The first-order valence-electron chi connectivity index (χ1n) is 7.83. The van der Waals surface area contributed by atoms with Crippen molar-refractivity contribution < 1.29 is 14.3 Å². The summed E-state index contributed by atoms with van der Waals surface area (Å²) in [5.41, 5.74) is 2.89. The highest BCUT2D eigenvalue weighted by atomic mass is 16.4. The quantitative estimate of drug-likeness (QED) is 0.615. The summed E-state index contributed by atoms with van der Waals surface area (Å²) in [4.78, 5) is 16.4. The van der Waals surface area contributed by atoms with Crippen molar-refractivity contribution >= 4 is 17.0 Å². The average Bonchev–Trinajstić information content (AvgIpc) is 3.24. The van der Waals surface area contributed by atoms with E-state index in [4.69, 9.17) is 4.42 Å². The summed E-state index contributed by atoms with van der Waals surface area (Å²) < 4.78 is 7.12. The number of aryl methyl sites for hydroxylation is 1. The third-order valence-electron chi connectivity index (χ3n) is 4.06. The molecule has 4 rings (SSSR count). The van der Waals surface area contributed by atoms with E-state index in [-0.39, 0.29) is 5.56 Å². The highest BCUT2D eigenvalue weighted by Gasteiger charge is 2.20. The standard InChI is InChI=1S/C19H15N3O3/c1-12-17-14(19(23)24)10-15(16-8-5-9-25-16)20-18(17)22(21-12)11-13-6-3-2-4-7-13/h2-10H,11H2,1H3,(H,23,24). The van der Waals surface area contributed by atoms with Crippen molar-refractivity contribution in [1.82, 2.24) is 14.8 Å². The van der Waals surface area contributed by atoms with Gasteiger partial charge in [-0.25, -0.2) is 14.5 Å². The van der Waals surface area contributed by atoms with E-state index in [1.54, 1.807) is 23.7 Å². The molecule has 0 aliphatic carbocycles. The van der Waals surface area contributed by atoms with E-state index >= 15 is 0 Å². The fraction of sp³-hybridized carbons (Fsp3) is 0.105. The lowest BCUT2D eigenvalue weighted by Crippen LogP contribution is -2.04. The summed E-state index contributed by atoms with van der Waals surface area (Å²) in [7, 11) is 0. The summed E-state index contributed by atoms with van der Waals surface area (Å²) in [6.07, 6.45) is 1.54. The van der Waals surface area contributed by atoms with Gasteiger partial charge in [0.1, 0.15) is 5.69 Å². The van der Waals surface area contributed by atoms with E-state index < -0.39 is 5.97 Å². The molecule has 0 atom stereocenters. The van der Waals surface area contributed by atoms with Gasteiger partial charge in [-0.2, -0.15) is 5.10 Å². The Kier molecular flexibility index (Phi) is 3.57. The topological polar surface area (TPSA) is 81.2 Å². The largest absolute Gasteiger partial charge is 0.478 e. The Morgan fingerprint density at radius 3 is 2.68 bits per heavy atom. The van der Waals surface area contributed by atoms with E-state index in [0.29, 0.717) is 34.7 Å². The Bertz CT molecular complexity index is 1050. The van der Waals surface area contributed by atoms with Crippen molar-refractivity contribution in [2.24, 2.45) is 0 Å². The maximum atomic E-state index is 11.8. The lowest BCUT2D eigenvalue weighted by atomic mass is 10.1. The molecule has 0 bridgehead atoms. The van der Waals surface area contributed by atoms with Crippen LogP contribution in [0.4, 0.5) is 0 Å². The zero-order valence-corrected chi connectivity index (χ0v) is 13.5. The van der Waals surface area contributed by atoms with Crippen molar-refractivity contribution in [1.29, 1.82) is 0 Å². The molecule has 0 saturated carbocycles. The third kappa shape index (κ3) is 2.67. The maximum absolute atomic E-state index is 11.8. The van der Waals surface area contributed by atoms with E-state index in [1.807, 2.05) is 30.3 Å². The number of furan rings is 1. The number of carboxylic acids is 1. The van der Waals surface area contributed by atoms with Crippen LogP contribution >= 0.6 is 0 Å². The summed E-state index contributed by atoms with van der Waals surface area (Å²) in [6.45, 7) is 2.31. The normalized spacial score (nSPS) is 11.1. The lowest BCUT2D eigenvalue weighted by Gasteiger charge is -2.06. The van der Waals surface area contributed by atoms with E-state index in [1.165, 1.54) is 12.3 Å². The first kappa shape index (κ1) is 15.1. The van der Waals surface area contributed by atoms with Crippen LogP contribution < -0.4 is 0 Å². The molecule has 0 radical (unpaired) electrons. The molecule has 4 aromatic rings. The first-order valence-corrected chi connectivity index (χ1v) is 7.83. The number of pyridine rings is 1. The molecule has 3 heterocycles. The molecular formula is C19H15N3O3. The van der Waals surface area contributed by atoms with Gasteiger partial charge in [0, 0.05) is 0 Å². The molecule has 1 aromatic carbocycles. The Labute approximate surface area is 143 Å². The Morgan fingerprint density at radius 1 is 1.20 bits per heavy atom. The second-order valence-electron chi connectivity index (χ2n) is 5.76. The number of hydrogen-bond acceptors (Lipinski definition) is 4. The third-order valence-corrected chi connectivity index (χ3v) is 4.06. The number of aromatic nitrogens is 3. The van der Waals surface area contributed by atoms with Gasteiger partial charge < -0.3 is 9.52 Å². The number of hydrogen-bond donors (Lipinski definition) is 1. The number of aromatic carboxylic acids is 1. The smallest absolute Gasteiger partial charge is 0.336 e. The molecule has 6 nitrogen and oxygen atoms in total. The molecule has 25 heavy (non-hydrogen) atoms. The molecule has 3 aromatic heterocycles. The molecule has 0 amide bonds. The van der Waals surface area contributed by atoms with Crippen LogP contribution in [0.3, 0.4) is 0 Å². The van der Waals surface area contributed by atoms with Crippen LogP contribution in [0.1, 0.15) is 21.6 Å². The number of nitrogens with zero attached hydrogens (tertiary/aromatic N) is 3. The van der Waals surface area contributed by atoms with Crippen molar-refractivity contribution in [2.45, 2.75) is 13.5 Å². The van der Waals surface area contributed by atoms with Gasteiger partial charge >= 0.3 is 5.97 Å². The zero-order valence-electron chi connectivity index (χ0n) is 13.5. The Hall–Kier alpha value is -3.41. The van der Waals surface area contributed by atoms with E-state index in [2.05, 4.69) is 10.1 Å². The second kappa shape index (κ2) is 5.90. The van der Waals surface area contributed by atoms with Gasteiger partial charge in [-0.3, -0.25) is 0 Å². The molecule has 0 unspecified atom stereocenters. The average molecular weight is 333 g/mol. The van der Waals surface area contributed by atoms with Gasteiger partial charge in [0.15, 0.2) is 11.4 Å². The van der Waals surface area contributed by atoms with Crippen LogP contribution in [0.15, 0.2) is 59.2 Å². The lowest BCUT2D eigenvalue weighted by molar-refractivity contribution is 0.0699. The Morgan fingerprint density at radius 2 is 2.00 bits per heavy atom. The number of carbonyl (C=O) groups is 1. The van der Waals surface area contributed by atoms with Gasteiger partial charge in [-0.15, -0.1) is 0 Å². The van der Waals surface area contributed by atoms with Gasteiger partial charge in [0.25, 0.3) is 0 Å². The fourth-order valence-electron chi connectivity index (χ4n) is 2.94. The molecule has 1 N–H and O–H groups in total. The van der Waals surface area contributed by atoms with Crippen LogP contribution in [-0.4, -0.2) is 25.8 Å². The van der Waals surface area contributed by atoms with Crippen LogP contribution in [0.25, 0.3) is 22.5 Å².